The summed E-state index contributed by atoms with van der Waals surface area (Å²) < 4.78 is 12.3. The summed E-state index contributed by atoms with van der Waals surface area (Å²) in [6.07, 6.45) is 0. The first-order valence-corrected chi connectivity index (χ1v) is 9.02. The van der Waals surface area contributed by atoms with Gasteiger partial charge in [0.1, 0.15) is 23.0 Å². The van der Waals surface area contributed by atoms with E-state index in [9.17, 15) is 0 Å². The first kappa shape index (κ1) is 16.3. The Bertz CT molecular complexity index is 1070. The van der Waals surface area contributed by atoms with E-state index in [1.165, 1.54) is 0 Å². The van der Waals surface area contributed by atoms with E-state index in [4.69, 9.17) is 20.9 Å². The van der Waals surface area contributed by atoms with E-state index in [-0.39, 0.29) is 0 Å². The van der Waals surface area contributed by atoms with Gasteiger partial charge in [-0.15, -0.1) is 0 Å². The van der Waals surface area contributed by atoms with Crippen LogP contribution >= 0.6 is 0 Å². The Morgan fingerprint density at radius 1 is 0.464 bits per heavy atom. The maximum Gasteiger partial charge on any atom is 0.136 e. The summed E-state index contributed by atoms with van der Waals surface area (Å²) in [7, 11) is 0. The zero-order valence-electron chi connectivity index (χ0n) is 15.1. The molecular formula is C24H18N2O2. The fraction of sp³-hybridized carbons (Fsp3) is 0. The van der Waals surface area contributed by atoms with Crippen LogP contribution in [0.25, 0.3) is 22.3 Å². The minimum absolute atomic E-state index is 0.706. The number of nitrogen functional groups attached to an aromatic ring is 2. The normalized spacial score (nSPS) is 11.1. The number of fused-ring (bicyclic) bond motifs is 4. The third-order valence-corrected chi connectivity index (χ3v) is 4.81. The maximum atomic E-state index is 6.15. The number of anilines is 2. The van der Waals surface area contributed by atoms with Gasteiger partial charge < -0.3 is 20.9 Å². The second-order valence-corrected chi connectivity index (χ2v) is 6.70. The van der Waals surface area contributed by atoms with Crippen LogP contribution in [0.4, 0.5) is 11.4 Å². The summed E-state index contributed by atoms with van der Waals surface area (Å²) in [5, 5.41) is 0. The van der Waals surface area contributed by atoms with E-state index < -0.39 is 0 Å². The van der Waals surface area contributed by atoms with Gasteiger partial charge in [0.05, 0.1) is 0 Å². The van der Waals surface area contributed by atoms with Crippen molar-refractivity contribution in [2.75, 3.05) is 11.5 Å². The van der Waals surface area contributed by atoms with Crippen LogP contribution in [-0.4, -0.2) is 0 Å². The minimum Gasteiger partial charge on any atom is -0.457 e. The lowest BCUT2D eigenvalue weighted by Crippen LogP contribution is -2.03. The monoisotopic (exact) mass is 366 g/mol. The van der Waals surface area contributed by atoms with E-state index in [0.717, 1.165) is 45.3 Å². The number of nitrogens with two attached hydrogens (primary N) is 2. The second-order valence-electron chi connectivity index (χ2n) is 6.70. The van der Waals surface area contributed by atoms with Gasteiger partial charge in [-0.1, -0.05) is 24.3 Å². The molecule has 0 radical (unpaired) electrons. The van der Waals surface area contributed by atoms with Crippen LogP contribution in [0.5, 0.6) is 23.0 Å². The molecule has 0 heterocycles. The smallest absolute Gasteiger partial charge is 0.136 e. The Balaban J connectivity index is 1.55. The van der Waals surface area contributed by atoms with Crippen LogP contribution in [0.15, 0.2) is 84.9 Å². The van der Waals surface area contributed by atoms with Gasteiger partial charge in [-0.3, -0.25) is 0 Å². The highest BCUT2D eigenvalue weighted by Crippen LogP contribution is 2.57. The highest BCUT2D eigenvalue weighted by Gasteiger charge is 2.30. The molecule has 5 rings (SSSR count). The van der Waals surface area contributed by atoms with Crippen LogP contribution in [-0.2, 0) is 0 Å². The molecule has 1 aliphatic carbocycles. The average molecular weight is 366 g/mol. The van der Waals surface area contributed by atoms with Crippen molar-refractivity contribution < 1.29 is 9.47 Å². The van der Waals surface area contributed by atoms with Crippen molar-refractivity contribution in [1.29, 1.82) is 0 Å². The van der Waals surface area contributed by atoms with E-state index in [2.05, 4.69) is 12.1 Å². The molecule has 0 saturated carbocycles. The standard InChI is InChI=1S/C24H18N2O2/c25-15-5-9-17(10-6-15)27-21-13-14-22(28-18-11-7-16(26)8-12-18)24-20-4-2-1-3-19(20)23(21)24/h1-14H,25-26H2. The van der Waals surface area contributed by atoms with Gasteiger partial charge in [0.25, 0.3) is 0 Å². The van der Waals surface area contributed by atoms with Gasteiger partial charge >= 0.3 is 0 Å². The Morgan fingerprint density at radius 3 is 1.25 bits per heavy atom. The molecule has 4 aromatic rings. The molecule has 0 unspecified atom stereocenters. The highest BCUT2D eigenvalue weighted by molar-refractivity contribution is 6.07. The third-order valence-electron chi connectivity index (χ3n) is 4.81. The Hall–Kier alpha value is -3.92. The Morgan fingerprint density at radius 2 is 0.857 bits per heavy atom. The quantitative estimate of drug-likeness (QED) is 0.378. The summed E-state index contributed by atoms with van der Waals surface area (Å²) >= 11 is 0. The van der Waals surface area contributed by atoms with Crippen molar-refractivity contribution in [2.45, 2.75) is 0 Å². The summed E-state index contributed by atoms with van der Waals surface area (Å²) in [5.74, 6) is 3.08. The van der Waals surface area contributed by atoms with E-state index in [1.54, 1.807) is 0 Å². The fourth-order valence-corrected chi connectivity index (χ4v) is 3.45. The van der Waals surface area contributed by atoms with Crippen molar-refractivity contribution in [1.82, 2.24) is 0 Å². The first-order valence-electron chi connectivity index (χ1n) is 9.02. The Labute approximate surface area is 163 Å². The van der Waals surface area contributed by atoms with Crippen molar-refractivity contribution in [3.8, 4) is 45.3 Å². The minimum atomic E-state index is 0.706. The lowest BCUT2D eigenvalue weighted by molar-refractivity contribution is 0.471. The van der Waals surface area contributed by atoms with Gasteiger partial charge in [0.15, 0.2) is 0 Å². The molecule has 4 aromatic carbocycles. The van der Waals surface area contributed by atoms with Crippen molar-refractivity contribution in [2.24, 2.45) is 0 Å². The number of rotatable bonds is 4. The van der Waals surface area contributed by atoms with Crippen LogP contribution in [0.1, 0.15) is 0 Å². The van der Waals surface area contributed by atoms with Crippen molar-refractivity contribution in [3.05, 3.63) is 84.9 Å². The van der Waals surface area contributed by atoms with Gasteiger partial charge in [0.2, 0.25) is 0 Å². The molecule has 4 N–H and O–H groups in total. The number of hydrogen-bond acceptors (Lipinski definition) is 4. The maximum absolute atomic E-state index is 6.15. The summed E-state index contributed by atoms with van der Waals surface area (Å²) in [4.78, 5) is 0. The molecular weight excluding hydrogens is 348 g/mol. The average Bonchev–Trinajstić information content (AvgIpc) is 2.70. The summed E-state index contributed by atoms with van der Waals surface area (Å²) in [5.41, 5.74) is 17.4. The van der Waals surface area contributed by atoms with E-state index in [1.807, 2.05) is 72.8 Å². The van der Waals surface area contributed by atoms with Crippen LogP contribution in [0.2, 0.25) is 0 Å². The van der Waals surface area contributed by atoms with Gasteiger partial charge in [0, 0.05) is 22.5 Å². The molecule has 0 saturated heterocycles. The third kappa shape index (κ3) is 2.72. The van der Waals surface area contributed by atoms with Crippen molar-refractivity contribution in [3.63, 3.8) is 0 Å². The predicted octanol–water partition coefficient (Wildman–Crippen LogP) is 6.08. The molecule has 0 amide bonds. The largest absolute Gasteiger partial charge is 0.457 e. The molecule has 0 atom stereocenters. The number of hydrogen-bond donors (Lipinski definition) is 2. The molecule has 136 valence electrons. The molecule has 28 heavy (non-hydrogen) atoms. The lowest BCUT2D eigenvalue weighted by atomic mass is 9.79. The highest BCUT2D eigenvalue weighted by atomic mass is 16.5. The number of benzene rings is 4. The molecule has 0 aliphatic heterocycles. The number of ether oxygens (including phenoxy) is 2. The van der Waals surface area contributed by atoms with Crippen LogP contribution in [0.3, 0.4) is 0 Å². The zero-order chi connectivity index (χ0) is 19.1. The molecule has 4 nitrogen and oxygen atoms in total. The van der Waals surface area contributed by atoms with E-state index in [0.29, 0.717) is 11.4 Å². The van der Waals surface area contributed by atoms with E-state index >= 15 is 0 Å². The molecule has 0 fully saturated rings. The topological polar surface area (TPSA) is 70.5 Å². The molecule has 4 heteroatoms. The summed E-state index contributed by atoms with van der Waals surface area (Å²) in [6.45, 7) is 0. The SMILES string of the molecule is Nc1ccc(Oc2ccc(Oc3ccc(N)cc3)c3c2-c2ccccc2-3)cc1. The second kappa shape index (κ2) is 6.35. The predicted molar refractivity (Wildman–Crippen MR) is 113 cm³/mol. The molecule has 0 aromatic heterocycles. The molecule has 0 bridgehead atoms. The molecule has 0 spiro atoms. The molecule has 1 aliphatic rings. The first-order chi connectivity index (χ1) is 13.7. The zero-order valence-corrected chi connectivity index (χ0v) is 15.1. The Kier molecular flexibility index (Phi) is 3.69. The fourth-order valence-electron chi connectivity index (χ4n) is 3.45. The van der Waals surface area contributed by atoms with Crippen LogP contribution < -0.4 is 20.9 Å². The summed E-state index contributed by atoms with van der Waals surface area (Å²) in [6, 6.07) is 26.9. The van der Waals surface area contributed by atoms with Crippen molar-refractivity contribution >= 4 is 11.4 Å². The van der Waals surface area contributed by atoms with Gasteiger partial charge in [-0.05, 0) is 71.8 Å². The van der Waals surface area contributed by atoms with Gasteiger partial charge in [-0.2, -0.15) is 0 Å². The van der Waals surface area contributed by atoms with Gasteiger partial charge in [-0.25, -0.2) is 0 Å². The van der Waals surface area contributed by atoms with Crippen LogP contribution in [0, 0.1) is 0 Å². The lowest BCUT2D eigenvalue weighted by Gasteiger charge is -2.28.